The molecule has 3 nitrogen and oxygen atoms in total. The Bertz CT molecular complexity index is 446. The van der Waals surface area contributed by atoms with Crippen LogP contribution >= 0.6 is 0 Å². The first-order chi connectivity index (χ1) is 8.45. The first-order valence-corrected chi connectivity index (χ1v) is 6.43. The highest BCUT2D eigenvalue weighted by Crippen LogP contribution is 2.38. The molecule has 3 heteroatoms. The number of fused-ring (bicyclic) bond motifs is 1. The van der Waals surface area contributed by atoms with Crippen LogP contribution in [0.1, 0.15) is 32.8 Å². The van der Waals surface area contributed by atoms with Gasteiger partial charge in [0.1, 0.15) is 5.75 Å². The normalized spacial score (nSPS) is 15.2. The predicted molar refractivity (Wildman–Crippen MR) is 73.1 cm³/mol. The summed E-state index contributed by atoms with van der Waals surface area (Å²) >= 11 is 0. The van der Waals surface area contributed by atoms with Gasteiger partial charge in [0.25, 0.3) is 0 Å². The van der Waals surface area contributed by atoms with Crippen LogP contribution in [-0.4, -0.2) is 19.6 Å². The molecule has 0 saturated heterocycles. The van der Waals surface area contributed by atoms with E-state index >= 15 is 0 Å². The minimum atomic E-state index is -0.366. The number of benzene rings is 1. The number of anilines is 1. The SMILES string of the molecule is COc1cccc2c1N(C(=O)C(C)(C)C)CCC2. The van der Waals surface area contributed by atoms with Crippen LogP contribution in [0.2, 0.25) is 0 Å². The smallest absolute Gasteiger partial charge is 0.232 e. The first-order valence-electron chi connectivity index (χ1n) is 6.43. The fourth-order valence-electron chi connectivity index (χ4n) is 2.39. The minimum absolute atomic E-state index is 0.160. The van der Waals surface area contributed by atoms with E-state index in [9.17, 15) is 4.79 Å². The lowest BCUT2D eigenvalue weighted by Crippen LogP contribution is -2.42. The van der Waals surface area contributed by atoms with Gasteiger partial charge in [-0.3, -0.25) is 4.79 Å². The second kappa shape index (κ2) is 4.63. The topological polar surface area (TPSA) is 29.5 Å². The molecule has 0 saturated carbocycles. The molecule has 1 amide bonds. The molecule has 0 bridgehead atoms. The molecule has 0 unspecified atom stereocenters. The quantitative estimate of drug-likeness (QED) is 0.763. The molecule has 18 heavy (non-hydrogen) atoms. The lowest BCUT2D eigenvalue weighted by molar-refractivity contribution is -0.125. The molecule has 1 aromatic rings. The molecule has 1 aliphatic rings. The average molecular weight is 247 g/mol. The van der Waals surface area contributed by atoms with E-state index in [1.54, 1.807) is 7.11 Å². The number of ether oxygens (including phenoxy) is 1. The van der Waals surface area contributed by atoms with Crippen molar-refractivity contribution in [3.8, 4) is 5.75 Å². The Morgan fingerprint density at radius 2 is 2.06 bits per heavy atom. The van der Waals surface area contributed by atoms with Crippen molar-refractivity contribution < 1.29 is 9.53 Å². The van der Waals surface area contributed by atoms with Gasteiger partial charge in [0.15, 0.2) is 0 Å². The van der Waals surface area contributed by atoms with Crippen molar-refractivity contribution in [3.63, 3.8) is 0 Å². The maximum atomic E-state index is 12.5. The number of amides is 1. The molecule has 0 fully saturated rings. The van der Waals surface area contributed by atoms with Gasteiger partial charge in [0, 0.05) is 12.0 Å². The molecular formula is C15H21NO2. The highest BCUT2D eigenvalue weighted by Gasteiger charge is 2.32. The van der Waals surface area contributed by atoms with Gasteiger partial charge in [-0.05, 0) is 24.5 Å². The number of hydrogen-bond acceptors (Lipinski definition) is 2. The fraction of sp³-hybridized carbons (Fsp3) is 0.533. The molecule has 1 aromatic carbocycles. The Kier molecular flexibility index (Phi) is 3.33. The number of methoxy groups -OCH3 is 1. The number of aryl methyl sites for hydroxylation is 1. The van der Waals surface area contributed by atoms with Gasteiger partial charge in [-0.1, -0.05) is 32.9 Å². The van der Waals surface area contributed by atoms with Crippen LogP contribution in [0.4, 0.5) is 5.69 Å². The molecule has 0 N–H and O–H groups in total. The lowest BCUT2D eigenvalue weighted by Gasteiger charge is -2.35. The number of nitrogens with zero attached hydrogens (tertiary/aromatic N) is 1. The van der Waals surface area contributed by atoms with Crippen LogP contribution in [0.5, 0.6) is 5.75 Å². The summed E-state index contributed by atoms with van der Waals surface area (Å²) in [6.07, 6.45) is 2.03. The fourth-order valence-corrected chi connectivity index (χ4v) is 2.39. The third-order valence-corrected chi connectivity index (χ3v) is 3.29. The number of carbonyl (C=O) groups is 1. The van der Waals surface area contributed by atoms with Crippen LogP contribution in [-0.2, 0) is 11.2 Å². The maximum absolute atomic E-state index is 12.5. The van der Waals surface area contributed by atoms with E-state index in [4.69, 9.17) is 4.74 Å². The highest BCUT2D eigenvalue weighted by atomic mass is 16.5. The Labute approximate surface area is 109 Å². The largest absolute Gasteiger partial charge is 0.495 e. The van der Waals surface area contributed by atoms with Crippen LogP contribution in [0.25, 0.3) is 0 Å². The monoisotopic (exact) mass is 247 g/mol. The van der Waals surface area contributed by atoms with Gasteiger partial charge in [-0.25, -0.2) is 0 Å². The number of rotatable bonds is 1. The van der Waals surface area contributed by atoms with E-state index in [0.717, 1.165) is 30.8 Å². The summed E-state index contributed by atoms with van der Waals surface area (Å²) in [5, 5.41) is 0. The molecule has 0 aliphatic carbocycles. The summed E-state index contributed by atoms with van der Waals surface area (Å²) < 4.78 is 5.41. The van der Waals surface area contributed by atoms with Crippen molar-refractivity contribution in [3.05, 3.63) is 23.8 Å². The Morgan fingerprint density at radius 3 is 2.67 bits per heavy atom. The van der Waals surface area contributed by atoms with Crippen molar-refractivity contribution >= 4 is 11.6 Å². The third-order valence-electron chi connectivity index (χ3n) is 3.29. The van der Waals surface area contributed by atoms with E-state index in [-0.39, 0.29) is 11.3 Å². The Morgan fingerprint density at radius 1 is 1.33 bits per heavy atom. The maximum Gasteiger partial charge on any atom is 0.232 e. The highest BCUT2D eigenvalue weighted by molar-refractivity contribution is 5.99. The van der Waals surface area contributed by atoms with E-state index in [1.807, 2.05) is 37.8 Å². The van der Waals surface area contributed by atoms with Crippen molar-refractivity contribution in [2.24, 2.45) is 5.41 Å². The number of hydrogen-bond donors (Lipinski definition) is 0. The Hall–Kier alpha value is -1.51. The molecule has 0 atom stereocenters. The average Bonchev–Trinajstić information content (AvgIpc) is 2.35. The van der Waals surface area contributed by atoms with Crippen molar-refractivity contribution in [2.75, 3.05) is 18.6 Å². The summed E-state index contributed by atoms with van der Waals surface area (Å²) in [5.41, 5.74) is 1.81. The molecular weight excluding hydrogens is 226 g/mol. The van der Waals surface area contributed by atoms with Crippen molar-refractivity contribution in [1.29, 1.82) is 0 Å². The molecule has 1 heterocycles. The zero-order valence-corrected chi connectivity index (χ0v) is 11.6. The van der Waals surface area contributed by atoms with E-state index in [2.05, 4.69) is 6.07 Å². The summed E-state index contributed by atoms with van der Waals surface area (Å²) in [6, 6.07) is 6.00. The zero-order valence-electron chi connectivity index (χ0n) is 11.6. The van der Waals surface area contributed by atoms with Crippen molar-refractivity contribution in [1.82, 2.24) is 0 Å². The van der Waals surface area contributed by atoms with Gasteiger partial charge in [0.2, 0.25) is 5.91 Å². The molecule has 0 spiro atoms. The number of para-hydroxylation sites is 1. The third kappa shape index (κ3) is 2.22. The zero-order chi connectivity index (χ0) is 13.3. The molecule has 2 rings (SSSR count). The van der Waals surface area contributed by atoms with Crippen molar-refractivity contribution in [2.45, 2.75) is 33.6 Å². The van der Waals surface area contributed by atoms with Gasteiger partial charge < -0.3 is 9.64 Å². The van der Waals surface area contributed by atoms with Gasteiger partial charge in [-0.2, -0.15) is 0 Å². The second-order valence-corrected chi connectivity index (χ2v) is 5.78. The first kappa shape index (κ1) is 12.9. The van der Waals surface area contributed by atoms with E-state index in [0.29, 0.717) is 0 Å². The minimum Gasteiger partial charge on any atom is -0.495 e. The van der Waals surface area contributed by atoms with E-state index in [1.165, 1.54) is 5.56 Å². The standard InChI is InChI=1S/C15H21NO2/c1-15(2,3)14(17)16-10-6-8-11-7-5-9-12(18-4)13(11)16/h5,7,9H,6,8,10H2,1-4H3. The Balaban J connectivity index is 2.47. The lowest BCUT2D eigenvalue weighted by atomic mass is 9.92. The summed E-state index contributed by atoms with van der Waals surface area (Å²) in [7, 11) is 1.66. The van der Waals surface area contributed by atoms with Crippen LogP contribution in [0.3, 0.4) is 0 Å². The van der Waals surface area contributed by atoms with Gasteiger partial charge in [0.05, 0.1) is 12.8 Å². The molecule has 0 radical (unpaired) electrons. The van der Waals surface area contributed by atoms with Gasteiger partial charge >= 0.3 is 0 Å². The van der Waals surface area contributed by atoms with Crippen LogP contribution in [0, 0.1) is 5.41 Å². The van der Waals surface area contributed by atoms with Gasteiger partial charge in [-0.15, -0.1) is 0 Å². The summed E-state index contributed by atoms with van der Waals surface area (Å²) in [6.45, 7) is 6.65. The summed E-state index contributed by atoms with van der Waals surface area (Å²) in [4.78, 5) is 14.4. The number of carbonyl (C=O) groups excluding carboxylic acids is 1. The summed E-state index contributed by atoms with van der Waals surface area (Å²) in [5.74, 6) is 0.956. The molecule has 1 aliphatic heterocycles. The van der Waals surface area contributed by atoms with Crippen LogP contribution in [0.15, 0.2) is 18.2 Å². The predicted octanol–water partition coefficient (Wildman–Crippen LogP) is 3.02. The molecule has 0 aromatic heterocycles. The van der Waals surface area contributed by atoms with Crippen LogP contribution < -0.4 is 9.64 Å². The second-order valence-electron chi connectivity index (χ2n) is 5.78. The van der Waals surface area contributed by atoms with E-state index < -0.39 is 0 Å². The molecule has 98 valence electrons.